The highest BCUT2D eigenvalue weighted by molar-refractivity contribution is 5.95. The van der Waals surface area contributed by atoms with Crippen molar-refractivity contribution >= 4 is 11.9 Å². The van der Waals surface area contributed by atoms with Crippen LogP contribution in [-0.4, -0.2) is 36.5 Å². The Morgan fingerprint density at radius 1 is 1.18 bits per heavy atom. The fourth-order valence-electron chi connectivity index (χ4n) is 2.01. The molecule has 5 heteroatoms. The largest absolute Gasteiger partial charge is 0.338 e. The average Bonchev–Trinajstić information content (AvgIpc) is 2.47. The molecule has 22 heavy (non-hydrogen) atoms. The lowest BCUT2D eigenvalue weighted by Gasteiger charge is -2.19. The molecule has 0 atom stereocenters. The van der Waals surface area contributed by atoms with E-state index in [0.717, 1.165) is 18.5 Å². The van der Waals surface area contributed by atoms with Gasteiger partial charge in [0.15, 0.2) is 0 Å². The maximum Gasteiger partial charge on any atom is 0.321 e. The quantitative estimate of drug-likeness (QED) is 0.775. The van der Waals surface area contributed by atoms with E-state index in [1.54, 1.807) is 0 Å². The lowest BCUT2D eigenvalue weighted by atomic mass is 10.1. The molecule has 0 aliphatic heterocycles. The highest BCUT2D eigenvalue weighted by atomic mass is 16.2. The van der Waals surface area contributed by atoms with Crippen LogP contribution < -0.4 is 10.6 Å². The number of carbonyl (C=O) groups excluding carboxylic acids is 2. The number of amides is 3. The molecule has 5 nitrogen and oxygen atoms in total. The van der Waals surface area contributed by atoms with Gasteiger partial charge in [0, 0.05) is 13.1 Å². The molecule has 0 aromatic heterocycles. The number of hydrogen-bond donors (Lipinski definition) is 2. The van der Waals surface area contributed by atoms with Gasteiger partial charge in [-0.05, 0) is 24.4 Å². The summed E-state index contributed by atoms with van der Waals surface area (Å²) in [5.74, 6) is 0.247. The van der Waals surface area contributed by atoms with Gasteiger partial charge in [0.1, 0.15) is 0 Å². The monoisotopic (exact) mass is 305 g/mol. The molecule has 0 heterocycles. The van der Waals surface area contributed by atoms with E-state index >= 15 is 0 Å². The van der Waals surface area contributed by atoms with Gasteiger partial charge in [0.25, 0.3) is 0 Å². The number of rotatable bonds is 8. The lowest BCUT2D eigenvalue weighted by molar-refractivity contribution is -0.121. The minimum atomic E-state index is -0.415. The zero-order valence-electron chi connectivity index (χ0n) is 13.8. The van der Waals surface area contributed by atoms with Gasteiger partial charge in [-0.2, -0.15) is 0 Å². The average molecular weight is 305 g/mol. The number of benzene rings is 1. The van der Waals surface area contributed by atoms with E-state index in [-0.39, 0.29) is 12.5 Å². The summed E-state index contributed by atoms with van der Waals surface area (Å²) in [6, 6.07) is 9.56. The lowest BCUT2D eigenvalue weighted by Crippen LogP contribution is -2.44. The molecular formula is C17H27N3O2. The Bertz CT molecular complexity index is 460. The molecule has 0 radical (unpaired) electrons. The molecule has 0 spiro atoms. The van der Waals surface area contributed by atoms with Crippen molar-refractivity contribution in [2.24, 2.45) is 5.92 Å². The van der Waals surface area contributed by atoms with E-state index in [9.17, 15) is 9.59 Å². The molecule has 3 amide bonds. The Balaban J connectivity index is 2.33. The van der Waals surface area contributed by atoms with E-state index in [2.05, 4.69) is 24.5 Å². The summed E-state index contributed by atoms with van der Waals surface area (Å²) >= 11 is 0. The Kier molecular flexibility index (Phi) is 8.22. The van der Waals surface area contributed by atoms with E-state index in [1.807, 2.05) is 42.2 Å². The second-order valence-corrected chi connectivity index (χ2v) is 5.78. The summed E-state index contributed by atoms with van der Waals surface area (Å²) < 4.78 is 0. The SMILES string of the molecule is CCN(CC(=O)NC(=O)NCCC(C)C)Cc1ccccc1. The number of carbonyl (C=O) groups is 2. The first-order chi connectivity index (χ1) is 10.5. The van der Waals surface area contributed by atoms with Gasteiger partial charge in [-0.1, -0.05) is 51.1 Å². The highest BCUT2D eigenvalue weighted by Crippen LogP contribution is 2.03. The first-order valence-electron chi connectivity index (χ1n) is 7.85. The summed E-state index contributed by atoms with van der Waals surface area (Å²) in [5, 5.41) is 5.07. The van der Waals surface area contributed by atoms with Crippen molar-refractivity contribution in [3.63, 3.8) is 0 Å². The number of nitrogens with zero attached hydrogens (tertiary/aromatic N) is 1. The van der Waals surface area contributed by atoms with Gasteiger partial charge in [0.2, 0.25) is 5.91 Å². The predicted molar refractivity (Wildman–Crippen MR) is 88.4 cm³/mol. The van der Waals surface area contributed by atoms with Crippen LogP contribution in [0.25, 0.3) is 0 Å². The highest BCUT2D eigenvalue weighted by Gasteiger charge is 2.12. The van der Waals surface area contributed by atoms with Crippen LogP contribution in [0.5, 0.6) is 0 Å². The Hall–Kier alpha value is -1.88. The smallest absolute Gasteiger partial charge is 0.321 e. The summed E-state index contributed by atoms with van der Waals surface area (Å²) in [6.45, 7) is 8.41. The van der Waals surface area contributed by atoms with Gasteiger partial charge in [-0.15, -0.1) is 0 Å². The number of urea groups is 1. The molecular weight excluding hydrogens is 278 g/mol. The number of imide groups is 1. The molecule has 0 fully saturated rings. The Morgan fingerprint density at radius 2 is 1.86 bits per heavy atom. The first-order valence-corrected chi connectivity index (χ1v) is 7.85. The zero-order chi connectivity index (χ0) is 16.4. The molecule has 0 unspecified atom stereocenters. The predicted octanol–water partition coefficient (Wildman–Crippen LogP) is 2.38. The number of nitrogens with one attached hydrogen (secondary N) is 2. The van der Waals surface area contributed by atoms with Crippen molar-refractivity contribution in [2.45, 2.75) is 33.7 Å². The first kappa shape index (κ1) is 18.2. The number of hydrogen-bond acceptors (Lipinski definition) is 3. The van der Waals surface area contributed by atoms with Gasteiger partial charge in [-0.3, -0.25) is 15.0 Å². The fourth-order valence-corrected chi connectivity index (χ4v) is 2.01. The summed E-state index contributed by atoms with van der Waals surface area (Å²) in [7, 11) is 0. The van der Waals surface area contributed by atoms with Crippen molar-refractivity contribution < 1.29 is 9.59 Å². The third-order valence-corrected chi connectivity index (χ3v) is 3.32. The van der Waals surface area contributed by atoms with E-state index in [4.69, 9.17) is 0 Å². The standard InChI is InChI=1S/C17H27N3O2/c1-4-20(12-15-8-6-5-7-9-15)13-16(21)19-17(22)18-11-10-14(2)3/h5-9,14H,4,10-13H2,1-3H3,(H2,18,19,21,22). The van der Waals surface area contributed by atoms with Crippen molar-refractivity contribution in [1.29, 1.82) is 0 Å². The molecule has 1 aromatic carbocycles. The second kappa shape index (κ2) is 9.95. The summed E-state index contributed by atoms with van der Waals surface area (Å²) in [6.07, 6.45) is 0.900. The van der Waals surface area contributed by atoms with Crippen LogP contribution in [0, 0.1) is 5.92 Å². The van der Waals surface area contributed by atoms with Crippen LogP contribution in [-0.2, 0) is 11.3 Å². The van der Waals surface area contributed by atoms with Gasteiger partial charge >= 0.3 is 6.03 Å². The van der Waals surface area contributed by atoms with Crippen LogP contribution >= 0.6 is 0 Å². The molecule has 0 aliphatic carbocycles. The van der Waals surface area contributed by atoms with E-state index < -0.39 is 6.03 Å². The number of likely N-dealkylation sites (N-methyl/N-ethyl adjacent to an activating group) is 1. The Labute approximate surface area is 133 Å². The Morgan fingerprint density at radius 3 is 2.45 bits per heavy atom. The summed E-state index contributed by atoms with van der Waals surface area (Å²) in [5.41, 5.74) is 1.15. The van der Waals surface area contributed by atoms with Crippen LogP contribution in [0.4, 0.5) is 4.79 Å². The van der Waals surface area contributed by atoms with Crippen molar-refractivity contribution in [1.82, 2.24) is 15.5 Å². The molecule has 0 bridgehead atoms. The molecule has 0 saturated carbocycles. The van der Waals surface area contributed by atoms with Crippen LogP contribution in [0.15, 0.2) is 30.3 Å². The fraction of sp³-hybridized carbons (Fsp3) is 0.529. The third-order valence-electron chi connectivity index (χ3n) is 3.32. The van der Waals surface area contributed by atoms with Crippen molar-refractivity contribution in [2.75, 3.05) is 19.6 Å². The van der Waals surface area contributed by atoms with Gasteiger partial charge in [0.05, 0.1) is 6.54 Å². The normalized spacial score (nSPS) is 10.8. The van der Waals surface area contributed by atoms with Crippen molar-refractivity contribution in [3.8, 4) is 0 Å². The maximum atomic E-state index is 11.9. The second-order valence-electron chi connectivity index (χ2n) is 5.78. The molecule has 2 N–H and O–H groups in total. The summed E-state index contributed by atoms with van der Waals surface area (Å²) in [4.78, 5) is 25.5. The minimum absolute atomic E-state index is 0.211. The topological polar surface area (TPSA) is 61.4 Å². The zero-order valence-corrected chi connectivity index (χ0v) is 13.8. The van der Waals surface area contributed by atoms with E-state index in [1.165, 1.54) is 0 Å². The molecule has 1 rings (SSSR count). The molecule has 0 aliphatic rings. The molecule has 1 aromatic rings. The van der Waals surface area contributed by atoms with Crippen molar-refractivity contribution in [3.05, 3.63) is 35.9 Å². The maximum absolute atomic E-state index is 11.9. The van der Waals surface area contributed by atoms with Crippen LogP contribution in [0.2, 0.25) is 0 Å². The molecule has 0 saturated heterocycles. The van der Waals surface area contributed by atoms with Crippen LogP contribution in [0.3, 0.4) is 0 Å². The molecule has 122 valence electrons. The van der Waals surface area contributed by atoms with Gasteiger partial charge in [-0.25, -0.2) is 4.79 Å². The van der Waals surface area contributed by atoms with Crippen LogP contribution in [0.1, 0.15) is 32.8 Å². The van der Waals surface area contributed by atoms with E-state index in [0.29, 0.717) is 19.0 Å². The third kappa shape index (κ3) is 7.78. The van der Waals surface area contributed by atoms with Gasteiger partial charge < -0.3 is 5.32 Å². The minimum Gasteiger partial charge on any atom is -0.338 e.